The Labute approximate surface area is 152 Å². The van der Waals surface area contributed by atoms with Gasteiger partial charge in [-0.1, -0.05) is 35.2 Å². The Morgan fingerprint density at radius 1 is 1.52 bits per heavy atom. The number of aromatic nitrogens is 2. The highest BCUT2D eigenvalue weighted by Crippen LogP contribution is 2.30. The van der Waals surface area contributed by atoms with Gasteiger partial charge in [-0.15, -0.1) is 16.8 Å². The average Bonchev–Trinajstić information content (AvgIpc) is 2.95. The fourth-order valence-corrected chi connectivity index (χ4v) is 4.14. The number of halogens is 1. The van der Waals surface area contributed by atoms with Crippen molar-refractivity contribution in [1.29, 1.82) is 0 Å². The van der Waals surface area contributed by atoms with Crippen molar-refractivity contribution in [3.8, 4) is 0 Å². The van der Waals surface area contributed by atoms with Gasteiger partial charge in [-0.2, -0.15) is 0 Å². The number of nitrogens with one attached hydrogen (secondary N) is 2. The molecule has 2 aromatic rings. The first-order chi connectivity index (χ1) is 11.0. The molecule has 2 N–H and O–H groups in total. The molecule has 0 saturated heterocycles. The lowest BCUT2D eigenvalue weighted by atomic mass is 10.2. The third kappa shape index (κ3) is 5.33. The number of hydrogen-bond donors (Lipinski definition) is 2. The summed E-state index contributed by atoms with van der Waals surface area (Å²) in [4.78, 5) is 12.3. The van der Waals surface area contributed by atoms with Crippen molar-refractivity contribution in [2.24, 2.45) is 0 Å². The number of nitrogens with zero attached hydrogens (tertiary/aromatic N) is 2. The smallest absolute Gasteiger partial charge is 0.237 e. The van der Waals surface area contributed by atoms with Gasteiger partial charge in [0.1, 0.15) is 0 Å². The summed E-state index contributed by atoms with van der Waals surface area (Å²) in [5.74, 6) is -0.0737. The minimum Gasteiger partial charge on any atom is -0.357 e. The third-order valence-corrected chi connectivity index (χ3v) is 5.55. The Hall–Kier alpha value is -1.38. The fraction of sp³-hybridized carbons (Fsp3) is 0.267. The molecule has 0 saturated carbocycles. The lowest BCUT2D eigenvalue weighted by Gasteiger charge is -2.12. The second-order valence-corrected chi connectivity index (χ2v) is 8.20. The van der Waals surface area contributed by atoms with Crippen LogP contribution in [-0.2, 0) is 4.79 Å². The SMILES string of the molecule is C=CCNc1nnc(S[C@H](C)C(=O)Nc2ccc(C)cc2Br)s1. The van der Waals surface area contributed by atoms with E-state index in [1.807, 2.05) is 32.0 Å². The van der Waals surface area contributed by atoms with Gasteiger partial charge in [0.15, 0.2) is 4.34 Å². The van der Waals surface area contributed by atoms with E-state index in [1.165, 1.54) is 23.1 Å². The number of carbonyl (C=O) groups is 1. The summed E-state index contributed by atoms with van der Waals surface area (Å²) in [5, 5.41) is 14.5. The normalized spacial score (nSPS) is 11.8. The largest absolute Gasteiger partial charge is 0.357 e. The van der Waals surface area contributed by atoms with Crippen LogP contribution in [0.3, 0.4) is 0 Å². The van der Waals surface area contributed by atoms with E-state index in [4.69, 9.17) is 0 Å². The van der Waals surface area contributed by atoms with Crippen LogP contribution in [0.15, 0.2) is 39.7 Å². The molecule has 122 valence electrons. The van der Waals surface area contributed by atoms with Crippen LogP contribution in [0.4, 0.5) is 10.8 Å². The first kappa shape index (κ1) is 18.0. The number of aryl methyl sites for hydroxylation is 1. The molecule has 0 aliphatic rings. The maximum absolute atomic E-state index is 12.3. The van der Waals surface area contributed by atoms with E-state index in [-0.39, 0.29) is 11.2 Å². The molecular formula is C15H17BrN4OS2. The van der Waals surface area contributed by atoms with Crippen LogP contribution in [0.1, 0.15) is 12.5 Å². The first-order valence-corrected chi connectivity index (χ1v) is 9.40. The highest BCUT2D eigenvalue weighted by molar-refractivity contribution is 9.10. The van der Waals surface area contributed by atoms with Crippen LogP contribution < -0.4 is 10.6 Å². The van der Waals surface area contributed by atoms with Gasteiger partial charge in [0, 0.05) is 11.0 Å². The maximum atomic E-state index is 12.3. The summed E-state index contributed by atoms with van der Waals surface area (Å²) in [5.41, 5.74) is 1.89. The zero-order chi connectivity index (χ0) is 16.8. The quantitative estimate of drug-likeness (QED) is 0.523. The Balaban J connectivity index is 1.94. The lowest BCUT2D eigenvalue weighted by molar-refractivity contribution is -0.115. The van der Waals surface area contributed by atoms with Crippen molar-refractivity contribution in [3.05, 3.63) is 40.9 Å². The van der Waals surface area contributed by atoms with Gasteiger partial charge in [0.05, 0.1) is 10.9 Å². The van der Waals surface area contributed by atoms with Gasteiger partial charge in [-0.3, -0.25) is 4.79 Å². The summed E-state index contributed by atoms with van der Waals surface area (Å²) in [6.07, 6.45) is 1.75. The minimum absolute atomic E-state index is 0.0737. The van der Waals surface area contributed by atoms with Crippen LogP contribution in [0.2, 0.25) is 0 Å². The maximum Gasteiger partial charge on any atom is 0.237 e. The average molecular weight is 413 g/mol. The van der Waals surface area contributed by atoms with Crippen molar-refractivity contribution in [3.63, 3.8) is 0 Å². The number of rotatable bonds is 7. The predicted molar refractivity (Wildman–Crippen MR) is 101 cm³/mol. The van der Waals surface area contributed by atoms with E-state index in [2.05, 4.69) is 43.3 Å². The van der Waals surface area contributed by atoms with E-state index >= 15 is 0 Å². The summed E-state index contributed by atoms with van der Waals surface area (Å²) in [6, 6.07) is 5.81. The van der Waals surface area contributed by atoms with Crippen molar-refractivity contribution in [1.82, 2.24) is 10.2 Å². The molecule has 8 heteroatoms. The van der Waals surface area contributed by atoms with Gasteiger partial charge in [0.2, 0.25) is 11.0 Å². The highest BCUT2D eigenvalue weighted by Gasteiger charge is 2.18. The number of benzene rings is 1. The molecule has 1 aromatic heterocycles. The Bertz CT molecular complexity index is 705. The number of hydrogen-bond acceptors (Lipinski definition) is 6. The van der Waals surface area contributed by atoms with Crippen molar-refractivity contribution in [2.45, 2.75) is 23.4 Å². The fourth-order valence-electron chi connectivity index (χ4n) is 1.65. The van der Waals surface area contributed by atoms with E-state index < -0.39 is 0 Å². The standard InChI is InChI=1S/C15H17BrN4OS2/c1-4-7-17-14-19-20-15(23-14)22-10(3)13(21)18-12-6-5-9(2)8-11(12)16/h4-6,8,10H,1,7H2,2-3H3,(H,17,19)(H,18,21)/t10-/m1/s1. The van der Waals surface area contributed by atoms with Crippen LogP contribution >= 0.6 is 39.0 Å². The minimum atomic E-state index is -0.275. The predicted octanol–water partition coefficient (Wildman–Crippen LogP) is 4.33. The summed E-state index contributed by atoms with van der Waals surface area (Å²) >= 11 is 6.27. The monoisotopic (exact) mass is 412 g/mol. The second kappa shape index (κ2) is 8.47. The third-order valence-electron chi connectivity index (χ3n) is 2.83. The molecule has 0 aliphatic heterocycles. The van der Waals surface area contributed by atoms with Gasteiger partial charge in [-0.25, -0.2) is 0 Å². The molecule has 0 fully saturated rings. The number of thioether (sulfide) groups is 1. The summed E-state index contributed by atoms with van der Waals surface area (Å²) < 4.78 is 1.62. The number of anilines is 2. The lowest BCUT2D eigenvalue weighted by Crippen LogP contribution is -2.22. The molecule has 0 radical (unpaired) electrons. The molecule has 1 heterocycles. The molecule has 1 aromatic carbocycles. The van der Waals surface area contributed by atoms with Crippen molar-refractivity contribution < 1.29 is 4.79 Å². The number of carbonyl (C=O) groups excluding carboxylic acids is 1. The molecule has 0 bridgehead atoms. The molecule has 1 atom stereocenters. The second-order valence-electron chi connectivity index (χ2n) is 4.78. The Kier molecular flexibility index (Phi) is 6.61. The molecule has 0 unspecified atom stereocenters. The first-order valence-electron chi connectivity index (χ1n) is 6.91. The van der Waals surface area contributed by atoms with Gasteiger partial charge in [-0.05, 0) is 47.5 Å². The molecule has 0 aliphatic carbocycles. The van der Waals surface area contributed by atoms with E-state index in [1.54, 1.807) is 6.08 Å². The van der Waals surface area contributed by atoms with Gasteiger partial charge in [0.25, 0.3) is 0 Å². The van der Waals surface area contributed by atoms with Crippen LogP contribution in [0.5, 0.6) is 0 Å². The molecule has 1 amide bonds. The van der Waals surface area contributed by atoms with Crippen LogP contribution in [0.25, 0.3) is 0 Å². The highest BCUT2D eigenvalue weighted by atomic mass is 79.9. The summed E-state index contributed by atoms with van der Waals surface area (Å²) in [6.45, 7) is 8.12. The summed E-state index contributed by atoms with van der Waals surface area (Å²) in [7, 11) is 0. The molecule has 0 spiro atoms. The van der Waals surface area contributed by atoms with E-state index in [9.17, 15) is 4.79 Å². The Morgan fingerprint density at radius 2 is 2.30 bits per heavy atom. The molecule has 23 heavy (non-hydrogen) atoms. The Morgan fingerprint density at radius 3 is 3.00 bits per heavy atom. The zero-order valence-corrected chi connectivity index (χ0v) is 16.0. The van der Waals surface area contributed by atoms with E-state index in [0.29, 0.717) is 6.54 Å². The van der Waals surface area contributed by atoms with Crippen LogP contribution in [-0.4, -0.2) is 27.9 Å². The van der Waals surface area contributed by atoms with Crippen molar-refractivity contribution in [2.75, 3.05) is 17.2 Å². The van der Waals surface area contributed by atoms with Gasteiger partial charge < -0.3 is 10.6 Å². The molecular weight excluding hydrogens is 396 g/mol. The molecule has 5 nitrogen and oxygen atoms in total. The zero-order valence-electron chi connectivity index (χ0n) is 12.8. The number of amides is 1. The van der Waals surface area contributed by atoms with Crippen LogP contribution in [0, 0.1) is 6.92 Å². The van der Waals surface area contributed by atoms with Gasteiger partial charge >= 0.3 is 0 Å². The molecule has 2 rings (SSSR count). The van der Waals surface area contributed by atoms with Crippen molar-refractivity contribution >= 4 is 55.8 Å². The van der Waals surface area contributed by atoms with E-state index in [0.717, 1.165) is 25.2 Å². The topological polar surface area (TPSA) is 66.9 Å².